The highest BCUT2D eigenvalue weighted by molar-refractivity contribution is 5.86. The molecule has 0 aliphatic heterocycles. The zero-order chi connectivity index (χ0) is 20.4. The van der Waals surface area contributed by atoms with Crippen LogP contribution >= 0.6 is 0 Å². The number of benzene rings is 2. The van der Waals surface area contributed by atoms with E-state index >= 15 is 0 Å². The molecule has 144 valence electrons. The summed E-state index contributed by atoms with van der Waals surface area (Å²) in [6.45, 7) is 1.95. The first-order valence-corrected chi connectivity index (χ1v) is 9.03. The average molecular weight is 386 g/mol. The number of pyridine rings is 2. The fourth-order valence-corrected chi connectivity index (χ4v) is 3.30. The van der Waals surface area contributed by atoms with Gasteiger partial charge in [-0.25, -0.2) is 4.98 Å². The Morgan fingerprint density at radius 3 is 2.69 bits per heavy atom. The molecule has 1 unspecified atom stereocenters. The van der Waals surface area contributed by atoms with E-state index in [0.29, 0.717) is 22.5 Å². The second kappa shape index (κ2) is 7.55. The number of hydrogen-bond donors (Lipinski definition) is 2. The van der Waals surface area contributed by atoms with Crippen LogP contribution < -0.4 is 5.32 Å². The number of rotatable bonds is 5. The second-order valence-electron chi connectivity index (χ2n) is 6.73. The number of nitro benzene ring substituents is 1. The van der Waals surface area contributed by atoms with Crippen molar-refractivity contribution in [1.82, 2.24) is 9.97 Å². The largest absolute Gasteiger partial charge is 0.505 e. The van der Waals surface area contributed by atoms with E-state index in [1.54, 1.807) is 36.7 Å². The molecule has 0 amide bonds. The highest BCUT2D eigenvalue weighted by atomic mass is 16.6. The maximum absolute atomic E-state index is 11.3. The predicted octanol–water partition coefficient (Wildman–Crippen LogP) is 4.75. The van der Waals surface area contributed by atoms with Crippen molar-refractivity contribution in [1.29, 1.82) is 0 Å². The van der Waals surface area contributed by atoms with E-state index < -0.39 is 11.0 Å². The van der Waals surface area contributed by atoms with Crippen molar-refractivity contribution in [3.8, 4) is 5.75 Å². The topological polar surface area (TPSA) is 101 Å². The van der Waals surface area contributed by atoms with Crippen LogP contribution in [0.5, 0.6) is 5.75 Å². The summed E-state index contributed by atoms with van der Waals surface area (Å²) in [5.41, 5.74) is 2.65. The lowest BCUT2D eigenvalue weighted by molar-refractivity contribution is -0.384. The fourth-order valence-electron chi connectivity index (χ4n) is 3.30. The smallest absolute Gasteiger partial charge is 0.269 e. The molecule has 7 heteroatoms. The molecule has 0 aliphatic rings. The number of nitrogens with one attached hydrogen (secondary N) is 1. The van der Waals surface area contributed by atoms with Gasteiger partial charge in [0.2, 0.25) is 0 Å². The van der Waals surface area contributed by atoms with E-state index in [4.69, 9.17) is 0 Å². The SMILES string of the molecule is Cc1ccnc(NC(c2cccc([N+](=O)[O-])c2)c2ccc3cccnc3c2O)c1. The van der Waals surface area contributed by atoms with Crippen molar-refractivity contribution < 1.29 is 10.0 Å². The third kappa shape index (κ3) is 3.70. The van der Waals surface area contributed by atoms with E-state index in [0.717, 1.165) is 10.9 Å². The molecule has 0 radical (unpaired) electrons. The number of aromatic nitrogens is 2. The Bertz CT molecular complexity index is 1210. The Kier molecular flexibility index (Phi) is 4.78. The number of phenolic OH excluding ortho intramolecular Hbond substituents is 1. The van der Waals surface area contributed by atoms with E-state index in [9.17, 15) is 15.2 Å². The normalized spacial score (nSPS) is 11.9. The van der Waals surface area contributed by atoms with Gasteiger partial charge in [0.25, 0.3) is 5.69 Å². The molecule has 4 rings (SSSR count). The lowest BCUT2D eigenvalue weighted by atomic mass is 9.96. The Morgan fingerprint density at radius 1 is 1.03 bits per heavy atom. The van der Waals surface area contributed by atoms with Crippen LogP contribution in [0.3, 0.4) is 0 Å². The molecule has 2 N–H and O–H groups in total. The molecule has 0 spiro atoms. The molecule has 29 heavy (non-hydrogen) atoms. The molecule has 2 heterocycles. The number of phenols is 1. The molecule has 0 aliphatic carbocycles. The maximum atomic E-state index is 11.3. The number of aryl methyl sites for hydroxylation is 1. The number of fused-ring (bicyclic) bond motifs is 1. The van der Waals surface area contributed by atoms with E-state index in [2.05, 4.69) is 15.3 Å². The minimum atomic E-state index is -0.560. The van der Waals surface area contributed by atoms with Crippen LogP contribution in [0.25, 0.3) is 10.9 Å². The number of anilines is 1. The second-order valence-corrected chi connectivity index (χ2v) is 6.73. The quantitative estimate of drug-likeness (QED) is 0.379. The molecule has 4 aromatic rings. The maximum Gasteiger partial charge on any atom is 0.269 e. The van der Waals surface area contributed by atoms with Gasteiger partial charge in [0.1, 0.15) is 17.1 Å². The molecule has 7 nitrogen and oxygen atoms in total. The average Bonchev–Trinajstić information content (AvgIpc) is 2.73. The van der Waals surface area contributed by atoms with Gasteiger partial charge in [-0.3, -0.25) is 15.1 Å². The van der Waals surface area contributed by atoms with E-state index in [1.807, 2.05) is 31.2 Å². The summed E-state index contributed by atoms with van der Waals surface area (Å²) < 4.78 is 0. The van der Waals surface area contributed by atoms with Crippen LogP contribution in [0.2, 0.25) is 0 Å². The standard InChI is InChI=1S/C22H18N4O3/c1-14-9-11-23-19(12-14)25-20(16-4-2-6-17(13-16)26(28)29)18-8-7-15-5-3-10-24-21(15)22(18)27/h2-13,20,27H,1H3,(H,23,25). The van der Waals surface area contributed by atoms with Gasteiger partial charge in [0.15, 0.2) is 0 Å². The number of hydrogen-bond acceptors (Lipinski definition) is 6. The van der Waals surface area contributed by atoms with Gasteiger partial charge in [-0.05, 0) is 36.2 Å². The number of nitro groups is 1. The van der Waals surface area contributed by atoms with Crippen molar-refractivity contribution in [2.45, 2.75) is 13.0 Å². The summed E-state index contributed by atoms with van der Waals surface area (Å²) in [5, 5.41) is 26.3. The Balaban J connectivity index is 1.87. The van der Waals surface area contributed by atoms with Gasteiger partial charge in [0.05, 0.1) is 11.0 Å². The Morgan fingerprint density at radius 2 is 1.90 bits per heavy atom. The molecule has 0 saturated heterocycles. The van der Waals surface area contributed by atoms with Gasteiger partial charge in [0, 0.05) is 35.5 Å². The summed E-state index contributed by atoms with van der Waals surface area (Å²) in [6, 6.07) is 16.9. The summed E-state index contributed by atoms with van der Waals surface area (Å²) in [6.07, 6.45) is 3.30. The van der Waals surface area contributed by atoms with E-state index in [1.165, 1.54) is 12.1 Å². The first kappa shape index (κ1) is 18.4. The number of aromatic hydroxyl groups is 1. The zero-order valence-corrected chi connectivity index (χ0v) is 15.6. The summed E-state index contributed by atoms with van der Waals surface area (Å²) >= 11 is 0. The van der Waals surface area contributed by atoms with Crippen molar-refractivity contribution in [3.05, 3.63) is 99.9 Å². The van der Waals surface area contributed by atoms with Gasteiger partial charge in [-0.15, -0.1) is 0 Å². The molecular formula is C22H18N4O3. The van der Waals surface area contributed by atoms with Crippen LogP contribution in [0.4, 0.5) is 11.5 Å². The minimum absolute atomic E-state index is 0.0232. The van der Waals surface area contributed by atoms with Gasteiger partial charge in [-0.1, -0.05) is 30.3 Å². The highest BCUT2D eigenvalue weighted by Crippen LogP contribution is 2.37. The molecule has 0 fully saturated rings. The van der Waals surface area contributed by atoms with Gasteiger partial charge in [-0.2, -0.15) is 0 Å². The molecule has 0 saturated carbocycles. The molecule has 2 aromatic heterocycles. The Labute approximate surface area is 166 Å². The molecular weight excluding hydrogens is 368 g/mol. The van der Waals surface area contributed by atoms with Gasteiger partial charge >= 0.3 is 0 Å². The summed E-state index contributed by atoms with van der Waals surface area (Å²) in [7, 11) is 0. The minimum Gasteiger partial charge on any atom is -0.505 e. The predicted molar refractivity (Wildman–Crippen MR) is 111 cm³/mol. The molecule has 1 atom stereocenters. The summed E-state index contributed by atoms with van der Waals surface area (Å²) in [5.74, 6) is 0.627. The molecule has 2 aromatic carbocycles. The first-order chi connectivity index (χ1) is 14.0. The van der Waals surface area contributed by atoms with Crippen LogP contribution in [-0.2, 0) is 0 Å². The van der Waals surface area contributed by atoms with Crippen molar-refractivity contribution in [2.75, 3.05) is 5.32 Å². The van der Waals surface area contributed by atoms with Crippen molar-refractivity contribution >= 4 is 22.4 Å². The number of nitrogens with zero attached hydrogens (tertiary/aromatic N) is 3. The number of non-ortho nitro benzene ring substituents is 1. The highest BCUT2D eigenvalue weighted by Gasteiger charge is 2.22. The van der Waals surface area contributed by atoms with Crippen LogP contribution in [0.15, 0.2) is 73.1 Å². The third-order valence-electron chi connectivity index (χ3n) is 4.71. The Hall–Kier alpha value is -4.00. The lowest BCUT2D eigenvalue weighted by Crippen LogP contribution is -2.14. The fraction of sp³-hybridized carbons (Fsp3) is 0.0909. The monoisotopic (exact) mass is 386 g/mol. The lowest BCUT2D eigenvalue weighted by Gasteiger charge is -2.22. The third-order valence-corrected chi connectivity index (χ3v) is 4.71. The van der Waals surface area contributed by atoms with E-state index in [-0.39, 0.29) is 11.4 Å². The van der Waals surface area contributed by atoms with Gasteiger partial charge < -0.3 is 10.4 Å². The zero-order valence-electron chi connectivity index (χ0n) is 15.6. The van der Waals surface area contributed by atoms with Crippen LogP contribution in [0, 0.1) is 17.0 Å². The van der Waals surface area contributed by atoms with Crippen molar-refractivity contribution in [3.63, 3.8) is 0 Å². The molecule has 0 bridgehead atoms. The van der Waals surface area contributed by atoms with Crippen LogP contribution in [-0.4, -0.2) is 20.0 Å². The van der Waals surface area contributed by atoms with Crippen LogP contribution in [0.1, 0.15) is 22.7 Å². The summed E-state index contributed by atoms with van der Waals surface area (Å²) in [4.78, 5) is 19.5. The van der Waals surface area contributed by atoms with Crippen molar-refractivity contribution in [2.24, 2.45) is 0 Å². The first-order valence-electron chi connectivity index (χ1n) is 9.03.